The summed E-state index contributed by atoms with van der Waals surface area (Å²) in [5.41, 5.74) is 4.39. The van der Waals surface area contributed by atoms with Crippen molar-refractivity contribution in [2.45, 2.75) is 6.92 Å². The van der Waals surface area contributed by atoms with Gasteiger partial charge in [-0.15, -0.1) is 0 Å². The number of fused-ring (bicyclic) bond motifs is 1. The van der Waals surface area contributed by atoms with E-state index in [2.05, 4.69) is 5.32 Å². The number of amides is 1. The van der Waals surface area contributed by atoms with Crippen molar-refractivity contribution < 1.29 is 4.79 Å². The molecule has 4 rings (SSSR count). The van der Waals surface area contributed by atoms with Gasteiger partial charge in [0.15, 0.2) is 5.82 Å². The summed E-state index contributed by atoms with van der Waals surface area (Å²) in [4.78, 5) is 20.9. The molecule has 0 radical (unpaired) electrons. The minimum absolute atomic E-state index is 0.0975. The molecule has 1 amide bonds. The van der Waals surface area contributed by atoms with Crippen molar-refractivity contribution in [1.82, 2.24) is 9.97 Å². The maximum absolute atomic E-state index is 11.4. The summed E-state index contributed by atoms with van der Waals surface area (Å²) >= 11 is 0. The molecule has 4 aromatic rings. The van der Waals surface area contributed by atoms with Crippen LogP contribution >= 0.6 is 0 Å². The molecule has 1 aromatic heterocycles. The lowest BCUT2D eigenvalue weighted by Gasteiger charge is -2.10. The Hall–Kier alpha value is -3.53. The summed E-state index contributed by atoms with van der Waals surface area (Å²) in [7, 11) is 0. The molecule has 0 spiro atoms. The Morgan fingerprint density at radius 3 is 2.35 bits per heavy atom. The van der Waals surface area contributed by atoms with E-state index < -0.39 is 0 Å². The van der Waals surface area contributed by atoms with E-state index in [1.54, 1.807) is 0 Å². The van der Waals surface area contributed by atoms with Crippen LogP contribution < -0.4 is 5.32 Å². The molecular formula is C22H17N3O. The third-order valence-corrected chi connectivity index (χ3v) is 4.09. The predicted molar refractivity (Wildman–Crippen MR) is 105 cm³/mol. The van der Waals surface area contributed by atoms with Crippen LogP contribution in [-0.2, 0) is 4.79 Å². The fraction of sp³-hybridized carbons (Fsp3) is 0.0455. The maximum Gasteiger partial charge on any atom is 0.221 e. The highest BCUT2D eigenvalue weighted by molar-refractivity contribution is 5.95. The molecule has 4 nitrogen and oxygen atoms in total. The molecule has 4 heteroatoms. The molecule has 0 bridgehead atoms. The average molecular weight is 339 g/mol. The molecule has 3 aromatic carbocycles. The molecule has 126 valence electrons. The van der Waals surface area contributed by atoms with Crippen molar-refractivity contribution in [1.29, 1.82) is 0 Å². The maximum atomic E-state index is 11.4. The summed E-state index contributed by atoms with van der Waals surface area (Å²) in [5.74, 6) is 0.587. The van der Waals surface area contributed by atoms with Crippen molar-refractivity contribution in [3.63, 3.8) is 0 Å². The van der Waals surface area contributed by atoms with Crippen LogP contribution in [0.3, 0.4) is 0 Å². The number of benzene rings is 3. The van der Waals surface area contributed by atoms with Gasteiger partial charge in [0.2, 0.25) is 5.91 Å². The normalized spacial score (nSPS) is 10.7. The van der Waals surface area contributed by atoms with Crippen LogP contribution in [0.15, 0.2) is 78.9 Å². The lowest BCUT2D eigenvalue weighted by Crippen LogP contribution is -2.05. The van der Waals surface area contributed by atoms with Crippen LogP contribution in [0.25, 0.3) is 33.5 Å². The third-order valence-electron chi connectivity index (χ3n) is 4.09. The number of hydrogen-bond acceptors (Lipinski definition) is 3. The summed E-state index contributed by atoms with van der Waals surface area (Å²) in [6.07, 6.45) is 0. The number of hydrogen-bond donors (Lipinski definition) is 1. The molecule has 0 fully saturated rings. The fourth-order valence-corrected chi connectivity index (χ4v) is 2.96. The molecule has 0 aliphatic heterocycles. The number of nitrogens with one attached hydrogen (secondary N) is 1. The SMILES string of the molecule is CC(=O)Nc1cccc(-c2nc(-c3ccccc3)nc3ccccc23)c1. The van der Waals surface area contributed by atoms with Crippen LogP contribution in [0, 0.1) is 0 Å². The third kappa shape index (κ3) is 3.17. The molecule has 0 aliphatic carbocycles. The number of carbonyl (C=O) groups excluding carboxylic acids is 1. The zero-order chi connectivity index (χ0) is 17.9. The molecule has 0 aliphatic rings. The lowest BCUT2D eigenvalue weighted by molar-refractivity contribution is -0.114. The monoisotopic (exact) mass is 339 g/mol. The van der Waals surface area contributed by atoms with Gasteiger partial charge in [-0.3, -0.25) is 4.79 Å². The highest BCUT2D eigenvalue weighted by Crippen LogP contribution is 2.30. The molecule has 1 heterocycles. The zero-order valence-corrected chi connectivity index (χ0v) is 14.3. The minimum atomic E-state index is -0.0975. The van der Waals surface area contributed by atoms with Gasteiger partial charge >= 0.3 is 0 Å². The predicted octanol–water partition coefficient (Wildman–Crippen LogP) is 4.92. The number of para-hydroxylation sites is 1. The Morgan fingerprint density at radius 2 is 1.54 bits per heavy atom. The van der Waals surface area contributed by atoms with Gasteiger partial charge in [0.25, 0.3) is 0 Å². The largest absolute Gasteiger partial charge is 0.326 e. The Labute approximate surface area is 151 Å². The molecule has 0 saturated heterocycles. The Kier molecular flexibility index (Phi) is 4.15. The van der Waals surface area contributed by atoms with E-state index in [0.29, 0.717) is 5.82 Å². The zero-order valence-electron chi connectivity index (χ0n) is 14.3. The Bertz CT molecular complexity index is 1090. The van der Waals surface area contributed by atoms with Crippen molar-refractivity contribution in [2.75, 3.05) is 5.32 Å². The van der Waals surface area contributed by atoms with E-state index in [1.165, 1.54) is 6.92 Å². The highest BCUT2D eigenvalue weighted by atomic mass is 16.1. The fourth-order valence-electron chi connectivity index (χ4n) is 2.96. The molecule has 1 N–H and O–H groups in total. The highest BCUT2D eigenvalue weighted by Gasteiger charge is 2.11. The minimum Gasteiger partial charge on any atom is -0.326 e. The standard InChI is InChI=1S/C22H17N3O/c1-15(26)23-18-11-7-10-17(14-18)21-19-12-5-6-13-20(19)24-22(25-21)16-8-3-2-4-9-16/h2-14H,1H3,(H,23,26). The van der Waals surface area contributed by atoms with Gasteiger partial charge in [0, 0.05) is 29.1 Å². The van der Waals surface area contributed by atoms with Crippen molar-refractivity contribution >= 4 is 22.5 Å². The molecule has 0 atom stereocenters. The average Bonchev–Trinajstić information content (AvgIpc) is 2.67. The number of carbonyl (C=O) groups is 1. The van der Waals surface area contributed by atoms with Crippen molar-refractivity contribution in [2.24, 2.45) is 0 Å². The van der Waals surface area contributed by atoms with Crippen LogP contribution in [0.2, 0.25) is 0 Å². The first-order chi connectivity index (χ1) is 12.7. The van der Waals surface area contributed by atoms with E-state index in [1.807, 2.05) is 78.9 Å². The van der Waals surface area contributed by atoms with Gasteiger partial charge in [-0.05, 0) is 18.2 Å². The number of rotatable bonds is 3. The van der Waals surface area contributed by atoms with E-state index in [-0.39, 0.29) is 5.91 Å². The number of anilines is 1. The van der Waals surface area contributed by atoms with E-state index in [0.717, 1.165) is 33.4 Å². The summed E-state index contributed by atoms with van der Waals surface area (Å²) < 4.78 is 0. The van der Waals surface area contributed by atoms with Gasteiger partial charge in [0.05, 0.1) is 11.2 Å². The lowest BCUT2D eigenvalue weighted by atomic mass is 10.0. The van der Waals surface area contributed by atoms with Gasteiger partial charge in [0.1, 0.15) is 0 Å². The van der Waals surface area contributed by atoms with Crippen LogP contribution in [-0.4, -0.2) is 15.9 Å². The first-order valence-electron chi connectivity index (χ1n) is 8.41. The molecule has 0 unspecified atom stereocenters. The smallest absolute Gasteiger partial charge is 0.221 e. The quantitative estimate of drug-likeness (QED) is 0.576. The first-order valence-corrected chi connectivity index (χ1v) is 8.41. The van der Waals surface area contributed by atoms with Crippen LogP contribution in [0.5, 0.6) is 0 Å². The van der Waals surface area contributed by atoms with Gasteiger partial charge < -0.3 is 5.32 Å². The number of nitrogens with zero attached hydrogens (tertiary/aromatic N) is 2. The van der Waals surface area contributed by atoms with E-state index in [9.17, 15) is 4.79 Å². The van der Waals surface area contributed by atoms with Gasteiger partial charge in [-0.1, -0.05) is 60.7 Å². The Morgan fingerprint density at radius 1 is 0.808 bits per heavy atom. The number of aromatic nitrogens is 2. The summed E-state index contributed by atoms with van der Waals surface area (Å²) in [6.45, 7) is 1.50. The van der Waals surface area contributed by atoms with E-state index in [4.69, 9.17) is 9.97 Å². The van der Waals surface area contributed by atoms with Crippen molar-refractivity contribution in [3.05, 3.63) is 78.9 Å². The molecular weight excluding hydrogens is 322 g/mol. The molecule has 0 saturated carbocycles. The second-order valence-corrected chi connectivity index (χ2v) is 6.04. The summed E-state index contributed by atoms with van der Waals surface area (Å²) in [5, 5.41) is 3.81. The van der Waals surface area contributed by atoms with Gasteiger partial charge in [-0.25, -0.2) is 9.97 Å². The first kappa shape index (κ1) is 16.0. The second kappa shape index (κ2) is 6.76. The van der Waals surface area contributed by atoms with Crippen LogP contribution in [0.4, 0.5) is 5.69 Å². The molecule has 26 heavy (non-hydrogen) atoms. The van der Waals surface area contributed by atoms with Crippen LogP contribution in [0.1, 0.15) is 6.92 Å². The topological polar surface area (TPSA) is 54.9 Å². The second-order valence-electron chi connectivity index (χ2n) is 6.04. The van der Waals surface area contributed by atoms with Crippen molar-refractivity contribution in [3.8, 4) is 22.6 Å². The summed E-state index contributed by atoms with van der Waals surface area (Å²) in [6, 6.07) is 25.6. The van der Waals surface area contributed by atoms with Gasteiger partial charge in [-0.2, -0.15) is 0 Å². The Balaban J connectivity index is 1.93. The van der Waals surface area contributed by atoms with E-state index >= 15 is 0 Å².